The summed E-state index contributed by atoms with van der Waals surface area (Å²) in [6.07, 6.45) is -4.77. The van der Waals surface area contributed by atoms with Crippen LogP contribution in [0.15, 0.2) is 53.7 Å². The third-order valence-corrected chi connectivity index (χ3v) is 6.03. The Morgan fingerprint density at radius 1 is 1.06 bits per heavy atom. The van der Waals surface area contributed by atoms with Gasteiger partial charge in [-0.3, -0.25) is 4.79 Å². The van der Waals surface area contributed by atoms with E-state index >= 15 is 0 Å². The summed E-state index contributed by atoms with van der Waals surface area (Å²) < 4.78 is 42.2. The summed E-state index contributed by atoms with van der Waals surface area (Å²) in [5.74, 6) is -0.262. The lowest BCUT2D eigenvalue weighted by atomic mass is 10.2. The number of halogens is 4. The van der Waals surface area contributed by atoms with Crippen LogP contribution in [0.1, 0.15) is 0 Å². The van der Waals surface area contributed by atoms with E-state index in [0.29, 0.717) is 42.0 Å². The number of anilines is 1. The molecule has 1 amide bonds. The molecule has 8 nitrogen and oxygen atoms in total. The van der Waals surface area contributed by atoms with E-state index < -0.39 is 6.36 Å². The van der Waals surface area contributed by atoms with E-state index in [0.717, 1.165) is 17.4 Å². The van der Waals surface area contributed by atoms with E-state index in [2.05, 4.69) is 25.2 Å². The Labute approximate surface area is 196 Å². The molecule has 4 rings (SSSR count). The molecule has 1 fully saturated rings. The highest BCUT2D eigenvalue weighted by Gasteiger charge is 2.31. The third kappa shape index (κ3) is 6.08. The van der Waals surface area contributed by atoms with Gasteiger partial charge in [-0.2, -0.15) is 4.68 Å². The van der Waals surface area contributed by atoms with Crippen molar-refractivity contribution in [3.05, 3.63) is 53.6 Å². The molecule has 0 saturated carbocycles. The number of alkyl halides is 3. The molecule has 33 heavy (non-hydrogen) atoms. The summed E-state index contributed by atoms with van der Waals surface area (Å²) in [4.78, 5) is 16.6. The number of carbonyl (C=O) groups excluding carboxylic acids is 1. The molecule has 0 spiro atoms. The second-order valence-corrected chi connectivity index (χ2v) is 8.43. The highest BCUT2D eigenvalue weighted by Crippen LogP contribution is 2.25. The number of benzene rings is 2. The molecule has 13 heteroatoms. The summed E-state index contributed by atoms with van der Waals surface area (Å²) in [7, 11) is 0. The Balaban J connectivity index is 1.31. The number of rotatable bonds is 6. The number of carbonyl (C=O) groups is 1. The minimum Gasteiger partial charge on any atom is -0.406 e. The van der Waals surface area contributed by atoms with Gasteiger partial charge in [0.15, 0.2) is 0 Å². The van der Waals surface area contributed by atoms with Crippen LogP contribution < -0.4 is 9.64 Å². The van der Waals surface area contributed by atoms with Crippen molar-refractivity contribution in [3.8, 4) is 11.4 Å². The quantitative estimate of drug-likeness (QED) is 0.480. The SMILES string of the molecule is O=C(CSc1nnnn1-c1ccc(OC(F)(F)F)cc1)N1CCN(c2cccc(Cl)c2)CC1. The van der Waals surface area contributed by atoms with Crippen LogP contribution >= 0.6 is 23.4 Å². The van der Waals surface area contributed by atoms with Crippen molar-refractivity contribution in [2.45, 2.75) is 11.5 Å². The first-order chi connectivity index (χ1) is 15.8. The molecule has 2 aromatic carbocycles. The van der Waals surface area contributed by atoms with E-state index in [1.807, 2.05) is 24.3 Å². The summed E-state index contributed by atoms with van der Waals surface area (Å²) in [5.41, 5.74) is 1.47. The molecule has 0 atom stereocenters. The van der Waals surface area contributed by atoms with Crippen LogP contribution in [0.3, 0.4) is 0 Å². The van der Waals surface area contributed by atoms with E-state index in [4.69, 9.17) is 11.6 Å². The zero-order chi connectivity index (χ0) is 23.4. The zero-order valence-corrected chi connectivity index (χ0v) is 18.6. The van der Waals surface area contributed by atoms with Crippen LogP contribution in [-0.4, -0.2) is 69.3 Å². The lowest BCUT2D eigenvalue weighted by Crippen LogP contribution is -2.49. The van der Waals surface area contributed by atoms with E-state index in [1.54, 1.807) is 4.90 Å². The van der Waals surface area contributed by atoms with E-state index in [9.17, 15) is 18.0 Å². The van der Waals surface area contributed by atoms with Crippen molar-refractivity contribution >= 4 is 35.0 Å². The average Bonchev–Trinajstić information content (AvgIpc) is 3.26. The van der Waals surface area contributed by atoms with Gasteiger partial charge in [-0.25, -0.2) is 0 Å². The topological polar surface area (TPSA) is 76.4 Å². The molecule has 1 aliphatic rings. The fraction of sp³-hybridized carbons (Fsp3) is 0.300. The summed E-state index contributed by atoms with van der Waals surface area (Å²) in [5, 5.41) is 12.4. The van der Waals surface area contributed by atoms with Crippen molar-refractivity contribution in [3.63, 3.8) is 0 Å². The molecule has 0 radical (unpaired) electrons. The number of aromatic nitrogens is 4. The molecule has 1 aromatic heterocycles. The molecule has 1 saturated heterocycles. The second-order valence-electron chi connectivity index (χ2n) is 7.05. The Morgan fingerprint density at radius 2 is 1.79 bits per heavy atom. The van der Waals surface area contributed by atoms with Crippen LogP contribution in [0.25, 0.3) is 5.69 Å². The Kier molecular flexibility index (Phi) is 6.94. The maximum atomic E-state index is 12.7. The monoisotopic (exact) mass is 498 g/mol. The highest BCUT2D eigenvalue weighted by molar-refractivity contribution is 7.99. The summed E-state index contributed by atoms with van der Waals surface area (Å²) >= 11 is 7.22. The summed E-state index contributed by atoms with van der Waals surface area (Å²) in [6.45, 7) is 2.55. The fourth-order valence-electron chi connectivity index (χ4n) is 3.32. The number of hydrogen-bond donors (Lipinski definition) is 0. The van der Waals surface area contributed by atoms with Gasteiger partial charge < -0.3 is 14.5 Å². The Morgan fingerprint density at radius 3 is 2.45 bits per heavy atom. The normalized spacial score (nSPS) is 14.4. The van der Waals surface area contributed by atoms with Gasteiger partial charge in [0.2, 0.25) is 11.1 Å². The van der Waals surface area contributed by atoms with Crippen LogP contribution in [-0.2, 0) is 4.79 Å². The predicted molar refractivity (Wildman–Crippen MR) is 117 cm³/mol. The van der Waals surface area contributed by atoms with Gasteiger partial charge in [0.1, 0.15) is 5.75 Å². The number of hydrogen-bond acceptors (Lipinski definition) is 7. The minimum atomic E-state index is -4.77. The first kappa shape index (κ1) is 23.2. The van der Waals surface area contributed by atoms with Gasteiger partial charge in [0.05, 0.1) is 11.4 Å². The van der Waals surface area contributed by atoms with Crippen molar-refractivity contribution in [1.29, 1.82) is 0 Å². The van der Waals surface area contributed by atoms with E-state index in [1.165, 1.54) is 28.9 Å². The molecule has 0 N–H and O–H groups in total. The predicted octanol–water partition coefficient (Wildman–Crippen LogP) is 3.66. The summed E-state index contributed by atoms with van der Waals surface area (Å²) in [6, 6.07) is 12.7. The molecule has 0 aliphatic carbocycles. The second kappa shape index (κ2) is 9.87. The maximum absolute atomic E-state index is 12.7. The number of nitrogens with zero attached hydrogens (tertiary/aromatic N) is 6. The first-order valence-corrected chi connectivity index (χ1v) is 11.2. The smallest absolute Gasteiger partial charge is 0.406 e. The van der Waals surface area contributed by atoms with Gasteiger partial charge in [-0.15, -0.1) is 18.3 Å². The van der Waals surface area contributed by atoms with Crippen molar-refractivity contribution in [2.24, 2.45) is 0 Å². The molecule has 174 valence electrons. The minimum absolute atomic E-state index is 0.0470. The van der Waals surface area contributed by atoms with Gasteiger partial charge >= 0.3 is 6.36 Å². The Bertz CT molecular complexity index is 1100. The molecule has 3 aromatic rings. The number of thioether (sulfide) groups is 1. The molecule has 1 aliphatic heterocycles. The van der Waals surface area contributed by atoms with Crippen molar-refractivity contribution in [2.75, 3.05) is 36.8 Å². The van der Waals surface area contributed by atoms with Crippen LogP contribution in [0, 0.1) is 0 Å². The van der Waals surface area contributed by atoms with Crippen LogP contribution in [0.5, 0.6) is 5.75 Å². The first-order valence-electron chi connectivity index (χ1n) is 9.84. The van der Waals surface area contributed by atoms with Crippen molar-refractivity contribution in [1.82, 2.24) is 25.1 Å². The third-order valence-electron chi connectivity index (χ3n) is 4.89. The van der Waals surface area contributed by atoms with Crippen LogP contribution in [0.4, 0.5) is 18.9 Å². The Hall–Kier alpha value is -2.99. The van der Waals surface area contributed by atoms with Crippen LogP contribution in [0.2, 0.25) is 5.02 Å². The average molecular weight is 499 g/mol. The van der Waals surface area contributed by atoms with Gasteiger partial charge in [0.25, 0.3) is 0 Å². The molecule has 2 heterocycles. The number of ether oxygens (including phenoxy) is 1. The molecule has 0 bridgehead atoms. The number of tetrazole rings is 1. The van der Waals surface area contributed by atoms with Crippen molar-refractivity contribution < 1.29 is 22.7 Å². The maximum Gasteiger partial charge on any atom is 0.573 e. The lowest BCUT2D eigenvalue weighted by Gasteiger charge is -2.36. The number of amides is 1. The van der Waals surface area contributed by atoms with E-state index in [-0.39, 0.29) is 17.4 Å². The number of piperazine rings is 1. The lowest BCUT2D eigenvalue weighted by molar-refractivity contribution is -0.274. The van der Waals surface area contributed by atoms with Gasteiger partial charge in [-0.05, 0) is 52.9 Å². The molecular weight excluding hydrogens is 481 g/mol. The fourth-order valence-corrected chi connectivity index (χ4v) is 4.30. The highest BCUT2D eigenvalue weighted by atomic mass is 35.5. The van der Waals surface area contributed by atoms with Gasteiger partial charge in [-0.1, -0.05) is 29.4 Å². The standard InChI is InChI=1S/C20H18ClF3N6O2S/c21-14-2-1-3-16(12-14)28-8-10-29(11-9-28)18(31)13-33-19-25-26-27-30(19)15-4-6-17(7-5-15)32-20(22,23)24/h1-7,12H,8-11,13H2. The largest absolute Gasteiger partial charge is 0.573 e. The molecular formula is C20H18ClF3N6O2S. The molecule has 0 unspecified atom stereocenters. The van der Waals surface area contributed by atoms with Gasteiger partial charge in [0, 0.05) is 36.9 Å². The zero-order valence-electron chi connectivity index (χ0n) is 17.1.